The molecule has 0 N–H and O–H groups in total. The molecule has 1 aliphatic rings. The Hall–Kier alpha value is -1.09. The Morgan fingerprint density at radius 3 is 2.53 bits per heavy atom. The Balaban J connectivity index is 2.02. The van der Waals surface area contributed by atoms with E-state index in [2.05, 4.69) is 6.92 Å². The maximum Gasteiger partial charge on any atom is 0.181 e. The molecule has 104 valence electrons. The van der Waals surface area contributed by atoms with E-state index < -0.39 is 9.84 Å². The van der Waals surface area contributed by atoms with Gasteiger partial charge >= 0.3 is 0 Å². The molecule has 0 amide bonds. The Bertz CT molecular complexity index is 529. The zero-order valence-corrected chi connectivity index (χ0v) is 12.3. The van der Waals surface area contributed by atoms with Gasteiger partial charge in [-0.05, 0) is 24.8 Å². The van der Waals surface area contributed by atoms with Crippen LogP contribution in [-0.2, 0) is 9.84 Å². The Morgan fingerprint density at radius 1 is 1.11 bits per heavy atom. The van der Waals surface area contributed by atoms with Crippen molar-refractivity contribution in [2.45, 2.75) is 50.7 Å². The van der Waals surface area contributed by atoms with Crippen LogP contribution in [-0.4, -0.2) is 8.42 Å². The van der Waals surface area contributed by atoms with Gasteiger partial charge < -0.3 is 0 Å². The Kier molecular flexibility index (Phi) is 4.81. The summed E-state index contributed by atoms with van der Waals surface area (Å²) in [6.07, 6.45) is 7.76. The molecule has 0 spiro atoms. The van der Waals surface area contributed by atoms with E-state index in [-0.39, 0.29) is 5.25 Å². The van der Waals surface area contributed by atoms with Crippen molar-refractivity contribution in [1.82, 2.24) is 0 Å². The van der Waals surface area contributed by atoms with Gasteiger partial charge in [-0.15, -0.1) is 0 Å². The lowest BCUT2D eigenvalue weighted by Gasteiger charge is -2.12. The number of hydrogen-bond acceptors (Lipinski definition) is 2. The number of benzene rings is 1. The standard InChI is InChI=1S/C16H22O2S/c1-2-3-4-8-11-15-12-13-16(19(15,17)18)14-9-6-5-7-10-14/h5-7,9-10,12,16H,2-4,8,11,13H2,1H3. The summed E-state index contributed by atoms with van der Waals surface area (Å²) < 4.78 is 25.0. The summed E-state index contributed by atoms with van der Waals surface area (Å²) in [5, 5.41) is -0.352. The molecule has 1 aromatic carbocycles. The van der Waals surface area contributed by atoms with Crippen molar-refractivity contribution in [3.05, 3.63) is 46.9 Å². The lowest BCUT2D eigenvalue weighted by Crippen LogP contribution is -2.09. The minimum atomic E-state index is -3.11. The quantitative estimate of drug-likeness (QED) is 0.723. The molecule has 3 heteroatoms. The van der Waals surface area contributed by atoms with Crippen molar-refractivity contribution in [2.24, 2.45) is 0 Å². The van der Waals surface area contributed by atoms with E-state index in [0.29, 0.717) is 17.7 Å². The molecular formula is C16H22O2S. The molecule has 0 aromatic heterocycles. The van der Waals surface area contributed by atoms with Crippen molar-refractivity contribution >= 4 is 9.84 Å². The molecule has 19 heavy (non-hydrogen) atoms. The smallest absolute Gasteiger partial charge is 0.181 e. The van der Waals surface area contributed by atoms with Crippen LogP contribution in [0.25, 0.3) is 0 Å². The van der Waals surface area contributed by atoms with Crippen molar-refractivity contribution < 1.29 is 8.42 Å². The van der Waals surface area contributed by atoms with Crippen LogP contribution in [0.15, 0.2) is 41.3 Å². The monoisotopic (exact) mass is 278 g/mol. The van der Waals surface area contributed by atoms with Crippen LogP contribution in [0.4, 0.5) is 0 Å². The fraction of sp³-hybridized carbons (Fsp3) is 0.500. The minimum absolute atomic E-state index is 0.352. The highest BCUT2D eigenvalue weighted by atomic mass is 32.2. The lowest BCUT2D eigenvalue weighted by atomic mass is 10.1. The van der Waals surface area contributed by atoms with Crippen LogP contribution in [0.2, 0.25) is 0 Å². The van der Waals surface area contributed by atoms with Crippen LogP contribution in [0, 0.1) is 0 Å². The van der Waals surface area contributed by atoms with Crippen molar-refractivity contribution in [3.8, 4) is 0 Å². The van der Waals surface area contributed by atoms with Gasteiger partial charge in [0, 0.05) is 4.91 Å². The van der Waals surface area contributed by atoms with Gasteiger partial charge in [-0.2, -0.15) is 0 Å². The highest BCUT2D eigenvalue weighted by molar-refractivity contribution is 7.95. The van der Waals surface area contributed by atoms with Crippen LogP contribution in [0.1, 0.15) is 56.3 Å². The predicted octanol–water partition coefficient (Wildman–Crippen LogP) is 4.40. The maximum atomic E-state index is 12.5. The van der Waals surface area contributed by atoms with Gasteiger partial charge in [0.05, 0.1) is 5.25 Å². The van der Waals surface area contributed by atoms with Gasteiger partial charge in [-0.25, -0.2) is 8.42 Å². The highest BCUT2D eigenvalue weighted by Gasteiger charge is 2.34. The van der Waals surface area contributed by atoms with Crippen LogP contribution < -0.4 is 0 Å². The van der Waals surface area contributed by atoms with Gasteiger partial charge in [0.15, 0.2) is 9.84 Å². The minimum Gasteiger partial charge on any atom is -0.223 e. The molecule has 0 bridgehead atoms. The summed E-state index contributed by atoms with van der Waals surface area (Å²) in [6, 6.07) is 9.56. The van der Waals surface area contributed by atoms with E-state index in [9.17, 15) is 8.42 Å². The topological polar surface area (TPSA) is 34.1 Å². The molecule has 0 radical (unpaired) electrons. The van der Waals surface area contributed by atoms with Crippen molar-refractivity contribution in [3.63, 3.8) is 0 Å². The fourth-order valence-corrected chi connectivity index (χ4v) is 4.61. The fourth-order valence-electron chi connectivity index (χ4n) is 2.62. The third kappa shape index (κ3) is 3.27. The highest BCUT2D eigenvalue weighted by Crippen LogP contribution is 2.39. The maximum absolute atomic E-state index is 12.5. The number of allylic oxidation sites excluding steroid dienone is 2. The molecule has 1 aromatic rings. The molecule has 2 rings (SSSR count). The van der Waals surface area contributed by atoms with Crippen LogP contribution in [0.3, 0.4) is 0 Å². The van der Waals surface area contributed by atoms with Crippen LogP contribution >= 0.6 is 0 Å². The molecule has 0 aliphatic carbocycles. The van der Waals surface area contributed by atoms with E-state index in [4.69, 9.17) is 0 Å². The molecule has 1 heterocycles. The number of unbranched alkanes of at least 4 members (excludes halogenated alkanes) is 3. The zero-order valence-electron chi connectivity index (χ0n) is 11.5. The first-order valence-corrected chi connectivity index (χ1v) is 8.68. The summed E-state index contributed by atoms with van der Waals surface area (Å²) in [5.41, 5.74) is 0.919. The largest absolute Gasteiger partial charge is 0.223 e. The predicted molar refractivity (Wildman–Crippen MR) is 79.6 cm³/mol. The van der Waals surface area contributed by atoms with Gasteiger partial charge in [-0.1, -0.05) is 62.6 Å². The SMILES string of the molecule is CCCCCCC1=CCC(c2ccccc2)S1(=O)=O. The van der Waals surface area contributed by atoms with Crippen molar-refractivity contribution in [2.75, 3.05) is 0 Å². The van der Waals surface area contributed by atoms with E-state index >= 15 is 0 Å². The second-order valence-electron chi connectivity index (χ2n) is 5.16. The van der Waals surface area contributed by atoms with Crippen LogP contribution in [0.5, 0.6) is 0 Å². The molecule has 1 aliphatic heterocycles. The zero-order chi connectivity index (χ0) is 13.7. The molecular weight excluding hydrogens is 256 g/mol. The van der Waals surface area contributed by atoms with Gasteiger partial charge in [0.1, 0.15) is 0 Å². The van der Waals surface area contributed by atoms with Gasteiger partial charge in [0.25, 0.3) is 0 Å². The second kappa shape index (κ2) is 6.38. The average molecular weight is 278 g/mol. The summed E-state index contributed by atoms with van der Waals surface area (Å²) in [5.74, 6) is 0. The summed E-state index contributed by atoms with van der Waals surface area (Å²) in [6.45, 7) is 2.16. The summed E-state index contributed by atoms with van der Waals surface area (Å²) in [4.78, 5) is 0.664. The second-order valence-corrected chi connectivity index (χ2v) is 7.34. The van der Waals surface area contributed by atoms with E-state index in [1.54, 1.807) is 0 Å². The normalized spacial score (nSPS) is 21.3. The van der Waals surface area contributed by atoms with E-state index in [0.717, 1.165) is 18.4 Å². The molecule has 0 saturated carbocycles. The molecule has 1 unspecified atom stereocenters. The number of rotatable bonds is 6. The molecule has 0 saturated heterocycles. The average Bonchev–Trinajstić information content (AvgIpc) is 2.71. The third-order valence-electron chi connectivity index (χ3n) is 3.75. The van der Waals surface area contributed by atoms with Gasteiger partial charge in [0.2, 0.25) is 0 Å². The summed E-state index contributed by atoms with van der Waals surface area (Å²) in [7, 11) is -3.11. The molecule has 1 atom stereocenters. The molecule has 2 nitrogen and oxygen atoms in total. The Morgan fingerprint density at radius 2 is 1.84 bits per heavy atom. The van der Waals surface area contributed by atoms with Gasteiger partial charge in [-0.3, -0.25) is 0 Å². The first kappa shape index (κ1) is 14.3. The van der Waals surface area contributed by atoms with E-state index in [1.165, 1.54) is 12.8 Å². The lowest BCUT2D eigenvalue weighted by molar-refractivity contribution is 0.589. The van der Waals surface area contributed by atoms with Crippen molar-refractivity contribution in [1.29, 1.82) is 0 Å². The third-order valence-corrected chi connectivity index (χ3v) is 6.06. The number of hydrogen-bond donors (Lipinski definition) is 0. The first-order chi connectivity index (χ1) is 9.16. The summed E-state index contributed by atoms with van der Waals surface area (Å²) >= 11 is 0. The van der Waals surface area contributed by atoms with E-state index in [1.807, 2.05) is 36.4 Å². The number of sulfone groups is 1. The molecule has 0 fully saturated rings. The Labute approximate surface area is 116 Å². The first-order valence-electron chi connectivity index (χ1n) is 7.14.